The third kappa shape index (κ3) is 5.12. The van der Waals surface area contributed by atoms with Crippen molar-refractivity contribution < 1.29 is 18.7 Å². The SMILES string of the molecule is CCc1nc(N)sc1C(=O)N/N=C\c1ccc(OCc2ccccc2F)c(OC)c1. The quantitative estimate of drug-likeness (QED) is 0.420. The van der Waals surface area contributed by atoms with Crippen molar-refractivity contribution in [3.8, 4) is 11.5 Å². The number of rotatable bonds is 8. The van der Waals surface area contributed by atoms with Gasteiger partial charge in [-0.2, -0.15) is 5.10 Å². The van der Waals surface area contributed by atoms with E-state index in [2.05, 4.69) is 15.5 Å². The summed E-state index contributed by atoms with van der Waals surface area (Å²) in [5, 5.41) is 4.32. The number of thiazole rings is 1. The summed E-state index contributed by atoms with van der Waals surface area (Å²) in [5.74, 6) is 0.235. The summed E-state index contributed by atoms with van der Waals surface area (Å²) in [5.41, 5.74) is 9.92. The molecule has 2 aromatic carbocycles. The van der Waals surface area contributed by atoms with E-state index < -0.39 is 0 Å². The topological polar surface area (TPSA) is 98.8 Å². The molecule has 0 aliphatic rings. The van der Waals surface area contributed by atoms with Crippen LogP contribution in [0, 0.1) is 5.82 Å². The molecule has 0 fully saturated rings. The fourth-order valence-electron chi connectivity index (χ4n) is 2.66. The minimum absolute atomic E-state index is 0.0737. The summed E-state index contributed by atoms with van der Waals surface area (Å²) in [7, 11) is 1.51. The highest BCUT2D eigenvalue weighted by Crippen LogP contribution is 2.28. The van der Waals surface area contributed by atoms with Crippen LogP contribution in [0.5, 0.6) is 11.5 Å². The molecule has 0 radical (unpaired) electrons. The van der Waals surface area contributed by atoms with Crippen molar-refractivity contribution in [2.45, 2.75) is 20.0 Å². The molecule has 7 nitrogen and oxygen atoms in total. The van der Waals surface area contributed by atoms with Gasteiger partial charge in [-0.05, 0) is 36.2 Å². The van der Waals surface area contributed by atoms with Gasteiger partial charge in [-0.25, -0.2) is 14.8 Å². The zero-order chi connectivity index (χ0) is 21.5. The van der Waals surface area contributed by atoms with E-state index in [1.165, 1.54) is 19.4 Å². The van der Waals surface area contributed by atoms with Gasteiger partial charge in [0.05, 0.1) is 19.0 Å². The lowest BCUT2D eigenvalue weighted by Gasteiger charge is -2.11. The Labute approximate surface area is 177 Å². The third-order valence-corrected chi connectivity index (χ3v) is 5.09. The molecule has 3 N–H and O–H groups in total. The number of hydrogen-bond donors (Lipinski definition) is 2. The van der Waals surface area contributed by atoms with E-state index in [1.807, 2.05) is 6.92 Å². The number of nitrogens with zero attached hydrogens (tertiary/aromatic N) is 2. The largest absolute Gasteiger partial charge is 0.493 e. The van der Waals surface area contributed by atoms with Crippen LogP contribution in [0.1, 0.15) is 33.4 Å². The monoisotopic (exact) mass is 428 g/mol. The van der Waals surface area contributed by atoms with Crippen LogP contribution in [0.15, 0.2) is 47.6 Å². The molecule has 0 aliphatic carbocycles. The number of hydrogen-bond acceptors (Lipinski definition) is 7. The molecule has 0 atom stereocenters. The van der Waals surface area contributed by atoms with Crippen molar-refractivity contribution in [1.82, 2.24) is 10.4 Å². The van der Waals surface area contributed by atoms with Crippen LogP contribution in [-0.4, -0.2) is 24.2 Å². The molecular formula is C21H21FN4O3S. The average molecular weight is 428 g/mol. The molecule has 0 unspecified atom stereocenters. The molecule has 3 aromatic rings. The molecular weight excluding hydrogens is 407 g/mol. The fourth-order valence-corrected chi connectivity index (χ4v) is 3.47. The van der Waals surface area contributed by atoms with Crippen LogP contribution >= 0.6 is 11.3 Å². The molecule has 1 heterocycles. The molecule has 1 aromatic heterocycles. The zero-order valence-corrected chi connectivity index (χ0v) is 17.3. The fraction of sp³-hybridized carbons (Fsp3) is 0.190. The summed E-state index contributed by atoms with van der Waals surface area (Å²) in [4.78, 5) is 16.8. The van der Waals surface area contributed by atoms with E-state index >= 15 is 0 Å². The highest BCUT2D eigenvalue weighted by Gasteiger charge is 2.15. The third-order valence-electron chi connectivity index (χ3n) is 4.16. The van der Waals surface area contributed by atoms with Crippen LogP contribution < -0.4 is 20.6 Å². The molecule has 0 bridgehead atoms. The number of nitrogens with one attached hydrogen (secondary N) is 1. The Morgan fingerprint density at radius 1 is 1.30 bits per heavy atom. The summed E-state index contributed by atoms with van der Waals surface area (Å²) in [6.45, 7) is 1.97. The van der Waals surface area contributed by atoms with Gasteiger partial charge in [0.2, 0.25) is 0 Å². The number of ether oxygens (including phenoxy) is 2. The predicted octanol–water partition coefficient (Wildman–Crippen LogP) is 3.78. The Kier molecular flexibility index (Phi) is 6.97. The van der Waals surface area contributed by atoms with Crippen molar-refractivity contribution in [2.75, 3.05) is 12.8 Å². The Bertz CT molecular complexity index is 1070. The first kappa shape index (κ1) is 21.3. The van der Waals surface area contributed by atoms with Crippen molar-refractivity contribution in [1.29, 1.82) is 0 Å². The van der Waals surface area contributed by atoms with Crippen molar-refractivity contribution in [2.24, 2.45) is 5.10 Å². The first-order valence-electron chi connectivity index (χ1n) is 9.14. The lowest BCUT2D eigenvalue weighted by Crippen LogP contribution is -2.17. The van der Waals surface area contributed by atoms with Crippen molar-refractivity contribution in [3.05, 3.63) is 70.0 Å². The number of benzene rings is 2. The summed E-state index contributed by atoms with van der Waals surface area (Å²) in [6.07, 6.45) is 2.09. The minimum atomic E-state index is -0.367. The maximum Gasteiger partial charge on any atom is 0.283 e. The van der Waals surface area contributed by atoms with Crippen LogP contribution in [0.25, 0.3) is 0 Å². The Morgan fingerprint density at radius 3 is 2.83 bits per heavy atom. The molecule has 3 rings (SSSR count). The molecule has 9 heteroatoms. The lowest BCUT2D eigenvalue weighted by atomic mass is 10.2. The van der Waals surface area contributed by atoms with Crippen LogP contribution in [0.4, 0.5) is 9.52 Å². The number of aromatic nitrogens is 1. The number of hydrazone groups is 1. The van der Waals surface area contributed by atoms with E-state index in [0.29, 0.717) is 44.7 Å². The highest BCUT2D eigenvalue weighted by atomic mass is 32.1. The van der Waals surface area contributed by atoms with E-state index in [4.69, 9.17) is 15.2 Å². The van der Waals surface area contributed by atoms with Crippen molar-refractivity contribution >= 4 is 28.6 Å². The van der Waals surface area contributed by atoms with Gasteiger partial charge in [0.15, 0.2) is 16.6 Å². The second-order valence-corrected chi connectivity index (χ2v) is 7.20. The highest BCUT2D eigenvalue weighted by molar-refractivity contribution is 7.17. The first-order valence-corrected chi connectivity index (χ1v) is 9.96. The number of carbonyl (C=O) groups is 1. The van der Waals surface area contributed by atoms with Gasteiger partial charge < -0.3 is 15.2 Å². The predicted molar refractivity (Wildman–Crippen MR) is 115 cm³/mol. The maximum absolute atomic E-state index is 13.7. The maximum atomic E-state index is 13.7. The van der Waals surface area contributed by atoms with Gasteiger partial charge >= 0.3 is 0 Å². The molecule has 0 saturated carbocycles. The summed E-state index contributed by atoms with van der Waals surface area (Å²) >= 11 is 1.12. The minimum Gasteiger partial charge on any atom is -0.493 e. The molecule has 0 aliphatic heterocycles. The Balaban J connectivity index is 1.65. The number of methoxy groups -OCH3 is 1. The molecule has 156 valence electrons. The van der Waals surface area contributed by atoms with Crippen LogP contribution in [-0.2, 0) is 13.0 Å². The van der Waals surface area contributed by atoms with E-state index in [1.54, 1.807) is 36.4 Å². The Morgan fingerprint density at radius 2 is 2.10 bits per heavy atom. The normalized spacial score (nSPS) is 10.9. The standard InChI is InChI=1S/C21H21FN4O3S/c1-3-16-19(30-21(23)25-16)20(27)26-24-11-13-8-9-17(18(10-13)28-2)29-12-14-6-4-5-7-15(14)22/h4-11H,3,12H2,1-2H3,(H2,23,25)(H,26,27)/b24-11-. The van der Waals surface area contributed by atoms with E-state index in [-0.39, 0.29) is 18.3 Å². The number of anilines is 1. The van der Waals surface area contributed by atoms with Crippen LogP contribution in [0.2, 0.25) is 0 Å². The van der Waals surface area contributed by atoms with Gasteiger partial charge in [0.25, 0.3) is 5.91 Å². The lowest BCUT2D eigenvalue weighted by molar-refractivity contribution is 0.0958. The van der Waals surface area contributed by atoms with E-state index in [0.717, 1.165) is 11.3 Å². The zero-order valence-electron chi connectivity index (χ0n) is 16.5. The second-order valence-electron chi connectivity index (χ2n) is 6.17. The molecule has 30 heavy (non-hydrogen) atoms. The van der Waals surface area contributed by atoms with Gasteiger partial charge in [-0.15, -0.1) is 0 Å². The van der Waals surface area contributed by atoms with Gasteiger partial charge in [0.1, 0.15) is 17.3 Å². The summed E-state index contributed by atoms with van der Waals surface area (Å²) in [6, 6.07) is 11.6. The van der Waals surface area contributed by atoms with Gasteiger partial charge in [-0.3, -0.25) is 4.79 Å². The summed E-state index contributed by atoms with van der Waals surface area (Å²) < 4.78 is 24.8. The number of carbonyl (C=O) groups excluding carboxylic acids is 1. The number of halogens is 1. The number of nitrogens with two attached hydrogens (primary N) is 1. The van der Waals surface area contributed by atoms with Crippen LogP contribution in [0.3, 0.4) is 0 Å². The smallest absolute Gasteiger partial charge is 0.283 e. The molecule has 0 saturated heterocycles. The second kappa shape index (κ2) is 9.84. The number of aryl methyl sites for hydroxylation is 1. The van der Waals surface area contributed by atoms with Gasteiger partial charge in [-0.1, -0.05) is 36.5 Å². The Hall–Kier alpha value is -3.46. The van der Waals surface area contributed by atoms with E-state index in [9.17, 15) is 9.18 Å². The van der Waals surface area contributed by atoms with Gasteiger partial charge in [0, 0.05) is 5.56 Å². The molecule has 1 amide bonds. The molecule has 0 spiro atoms. The number of amides is 1. The number of nitrogen functional groups attached to an aromatic ring is 1. The average Bonchev–Trinajstić information content (AvgIpc) is 3.14. The van der Waals surface area contributed by atoms with Crippen molar-refractivity contribution in [3.63, 3.8) is 0 Å². The first-order chi connectivity index (χ1) is 14.5.